The van der Waals surface area contributed by atoms with E-state index >= 15 is 0 Å². The topological polar surface area (TPSA) is 93.7 Å². The number of benzene rings is 1. The monoisotopic (exact) mass is 388 g/mol. The molecule has 1 aromatic carbocycles. The van der Waals surface area contributed by atoms with Crippen LogP contribution in [0, 0.1) is 0 Å². The molecule has 0 fully saturated rings. The summed E-state index contributed by atoms with van der Waals surface area (Å²) in [5.41, 5.74) is 3.51. The third-order valence-corrected chi connectivity index (χ3v) is 4.60. The summed E-state index contributed by atoms with van der Waals surface area (Å²) in [7, 11) is 1.86. The molecule has 0 aliphatic heterocycles. The zero-order valence-corrected chi connectivity index (χ0v) is 16.3. The Labute approximate surface area is 165 Å². The minimum atomic E-state index is -0.220. The van der Waals surface area contributed by atoms with Gasteiger partial charge in [-0.2, -0.15) is 0 Å². The Morgan fingerprint density at radius 3 is 2.57 bits per heavy atom. The number of carbonyl (C=O) groups is 3. The van der Waals surface area contributed by atoms with Crippen molar-refractivity contribution in [1.29, 1.82) is 0 Å². The second-order valence-electron chi connectivity index (χ2n) is 6.59. The lowest BCUT2D eigenvalue weighted by Crippen LogP contribution is -2.27. The maximum Gasteiger partial charge on any atom is 0.293 e. The summed E-state index contributed by atoms with van der Waals surface area (Å²) >= 11 is 0. The van der Waals surface area contributed by atoms with Crippen molar-refractivity contribution >= 4 is 18.2 Å². The fraction of sp³-hybridized carbons (Fsp3) is 0.476. The quantitative estimate of drug-likeness (QED) is 0.324. The number of nitrogens with one attached hydrogen (secondary N) is 2. The molecule has 0 radical (unpaired) electrons. The summed E-state index contributed by atoms with van der Waals surface area (Å²) in [5.74, 6) is -0.144. The Bertz CT molecular complexity index is 697. The standard InChI is InChI=1S/C21H28N2O5/c1-22-19-6-3-2-5-18(19)21(26)17-9-7-16(8-10-17)13-23-20(25)14-27-11-4-12-28-15-24/h7-10,15,22H,2-6,11-14H2,1H3,(H,23,25). The van der Waals surface area contributed by atoms with Gasteiger partial charge in [0.25, 0.3) is 6.47 Å². The van der Waals surface area contributed by atoms with Crippen LogP contribution in [0.2, 0.25) is 0 Å². The number of hydrogen-bond acceptors (Lipinski definition) is 6. The van der Waals surface area contributed by atoms with Crippen molar-refractivity contribution in [3.63, 3.8) is 0 Å². The van der Waals surface area contributed by atoms with Crippen LogP contribution in [0.25, 0.3) is 0 Å². The van der Waals surface area contributed by atoms with Crippen LogP contribution in [0.15, 0.2) is 35.5 Å². The molecule has 1 aliphatic rings. The van der Waals surface area contributed by atoms with E-state index < -0.39 is 0 Å². The highest BCUT2D eigenvalue weighted by molar-refractivity contribution is 6.09. The summed E-state index contributed by atoms with van der Waals surface area (Å²) in [5, 5.41) is 5.93. The molecule has 152 valence electrons. The van der Waals surface area contributed by atoms with Crippen LogP contribution < -0.4 is 10.6 Å². The van der Waals surface area contributed by atoms with Gasteiger partial charge in [0.2, 0.25) is 5.91 Å². The molecule has 2 N–H and O–H groups in total. The van der Waals surface area contributed by atoms with Crippen molar-refractivity contribution in [3.8, 4) is 0 Å². The predicted octanol–water partition coefficient (Wildman–Crippen LogP) is 2.11. The van der Waals surface area contributed by atoms with Gasteiger partial charge in [0.05, 0.1) is 13.2 Å². The first-order valence-corrected chi connectivity index (χ1v) is 9.58. The number of hydrogen-bond donors (Lipinski definition) is 2. The van der Waals surface area contributed by atoms with Gasteiger partial charge in [-0.15, -0.1) is 0 Å². The van der Waals surface area contributed by atoms with Crippen LogP contribution in [0.1, 0.15) is 48.0 Å². The Balaban J connectivity index is 1.78. The minimum Gasteiger partial charge on any atom is -0.468 e. The normalized spacial score (nSPS) is 13.8. The molecule has 0 bridgehead atoms. The largest absolute Gasteiger partial charge is 0.468 e. The number of carbonyl (C=O) groups excluding carboxylic acids is 3. The molecular weight excluding hydrogens is 360 g/mol. The van der Waals surface area contributed by atoms with Crippen molar-refractivity contribution < 1.29 is 23.9 Å². The average molecular weight is 388 g/mol. The molecule has 1 aliphatic carbocycles. The molecule has 0 atom stereocenters. The molecule has 1 aromatic rings. The van der Waals surface area contributed by atoms with Crippen molar-refractivity contribution in [3.05, 3.63) is 46.7 Å². The van der Waals surface area contributed by atoms with Crippen molar-refractivity contribution in [1.82, 2.24) is 10.6 Å². The zero-order chi connectivity index (χ0) is 20.2. The SMILES string of the molecule is CNC1=C(C(=O)c2ccc(CNC(=O)COCCCOC=O)cc2)CCCC1. The van der Waals surface area contributed by atoms with Crippen molar-refractivity contribution in [2.24, 2.45) is 0 Å². The first-order valence-electron chi connectivity index (χ1n) is 9.58. The number of ether oxygens (including phenoxy) is 2. The lowest BCUT2D eigenvalue weighted by atomic mass is 9.90. The molecule has 0 aromatic heterocycles. The first-order chi connectivity index (χ1) is 13.7. The van der Waals surface area contributed by atoms with E-state index in [2.05, 4.69) is 15.4 Å². The van der Waals surface area contributed by atoms with Gasteiger partial charge in [0.1, 0.15) is 6.61 Å². The van der Waals surface area contributed by atoms with Crippen molar-refractivity contribution in [2.45, 2.75) is 38.6 Å². The highest BCUT2D eigenvalue weighted by atomic mass is 16.5. The minimum absolute atomic E-state index is 0.0430. The van der Waals surface area contributed by atoms with Gasteiger partial charge in [-0.3, -0.25) is 14.4 Å². The second kappa shape index (κ2) is 11.9. The number of amides is 1. The Hall–Kier alpha value is -2.67. The molecular formula is C21H28N2O5. The number of ketones is 1. The van der Waals surface area contributed by atoms with E-state index in [9.17, 15) is 14.4 Å². The van der Waals surface area contributed by atoms with Gasteiger partial charge < -0.3 is 20.1 Å². The van der Waals surface area contributed by atoms with Gasteiger partial charge in [0, 0.05) is 36.8 Å². The number of Topliss-reactive ketones (excluding diaryl/α,β-unsaturated/α-hetero) is 1. The summed E-state index contributed by atoms with van der Waals surface area (Å²) in [6.07, 6.45) is 4.44. The molecule has 0 spiro atoms. The Morgan fingerprint density at radius 1 is 1.11 bits per heavy atom. The predicted molar refractivity (Wildman–Crippen MR) is 105 cm³/mol. The van der Waals surface area contributed by atoms with Gasteiger partial charge in [-0.25, -0.2) is 0 Å². The number of rotatable bonds is 12. The molecule has 0 saturated carbocycles. The molecule has 7 nitrogen and oxygen atoms in total. The van der Waals surface area contributed by atoms with Gasteiger partial charge in [-0.1, -0.05) is 24.3 Å². The van der Waals surface area contributed by atoms with Crippen LogP contribution in [0.4, 0.5) is 0 Å². The highest BCUT2D eigenvalue weighted by Gasteiger charge is 2.19. The molecule has 0 unspecified atom stereocenters. The molecule has 7 heteroatoms. The molecule has 28 heavy (non-hydrogen) atoms. The smallest absolute Gasteiger partial charge is 0.293 e. The van der Waals surface area contributed by atoms with Crippen LogP contribution in [0.3, 0.4) is 0 Å². The molecule has 0 heterocycles. The fourth-order valence-corrected chi connectivity index (χ4v) is 3.09. The maximum atomic E-state index is 12.7. The van der Waals surface area contributed by atoms with E-state index in [0.717, 1.165) is 42.5 Å². The van der Waals surface area contributed by atoms with E-state index in [0.29, 0.717) is 31.6 Å². The third-order valence-electron chi connectivity index (χ3n) is 4.60. The lowest BCUT2D eigenvalue weighted by molar-refractivity contribution is -0.130. The van der Waals surface area contributed by atoms with E-state index in [1.165, 1.54) is 0 Å². The first kappa shape index (κ1) is 21.6. The van der Waals surface area contributed by atoms with Crippen molar-refractivity contribution in [2.75, 3.05) is 26.9 Å². The lowest BCUT2D eigenvalue weighted by Gasteiger charge is -2.19. The van der Waals surface area contributed by atoms with Gasteiger partial charge in [-0.05, 0) is 31.2 Å². The van der Waals surface area contributed by atoms with Crippen LogP contribution in [-0.4, -0.2) is 45.0 Å². The summed E-state index contributed by atoms with van der Waals surface area (Å²) in [4.78, 5) is 34.5. The van der Waals surface area contributed by atoms with E-state index in [4.69, 9.17) is 4.74 Å². The van der Waals surface area contributed by atoms with Crippen LogP contribution >= 0.6 is 0 Å². The number of allylic oxidation sites excluding steroid dienone is 2. The third kappa shape index (κ3) is 6.81. The van der Waals surface area contributed by atoms with E-state index in [-0.39, 0.29) is 24.9 Å². The van der Waals surface area contributed by atoms with Gasteiger partial charge >= 0.3 is 0 Å². The summed E-state index contributed by atoms with van der Waals surface area (Å²) in [6.45, 7) is 1.34. The summed E-state index contributed by atoms with van der Waals surface area (Å²) < 4.78 is 9.74. The Kier molecular flexibility index (Phi) is 9.21. The van der Waals surface area contributed by atoms with Gasteiger partial charge in [0.15, 0.2) is 5.78 Å². The molecule has 0 saturated heterocycles. The van der Waals surface area contributed by atoms with E-state index in [1.54, 1.807) is 0 Å². The highest BCUT2D eigenvalue weighted by Crippen LogP contribution is 2.25. The summed E-state index contributed by atoms with van der Waals surface area (Å²) in [6, 6.07) is 7.33. The van der Waals surface area contributed by atoms with E-state index in [1.807, 2.05) is 31.3 Å². The second-order valence-corrected chi connectivity index (χ2v) is 6.59. The van der Waals surface area contributed by atoms with Crippen LogP contribution in [0.5, 0.6) is 0 Å². The average Bonchev–Trinajstić information content (AvgIpc) is 2.74. The molecule has 2 rings (SSSR count). The van der Waals surface area contributed by atoms with Crippen LogP contribution in [-0.2, 0) is 25.6 Å². The zero-order valence-electron chi connectivity index (χ0n) is 16.3. The maximum absolute atomic E-state index is 12.7. The fourth-order valence-electron chi connectivity index (χ4n) is 3.09. The molecule has 1 amide bonds. The Morgan fingerprint density at radius 2 is 1.86 bits per heavy atom.